The van der Waals surface area contributed by atoms with Gasteiger partial charge in [0.15, 0.2) is 0 Å². The van der Waals surface area contributed by atoms with Crippen LogP contribution in [-0.2, 0) is 6.54 Å². The molecule has 2 N–H and O–H groups in total. The second kappa shape index (κ2) is 3.35. The summed E-state index contributed by atoms with van der Waals surface area (Å²) >= 11 is 3.52. The first-order chi connectivity index (χ1) is 7.25. The molecule has 78 valence electrons. The zero-order valence-corrected chi connectivity index (χ0v) is 10.00. The fourth-order valence-corrected chi connectivity index (χ4v) is 2.77. The average molecular weight is 265 g/mol. The summed E-state index contributed by atoms with van der Waals surface area (Å²) in [7, 11) is 0. The Hall–Kier alpha value is -0.800. The van der Waals surface area contributed by atoms with Gasteiger partial charge in [0.05, 0.1) is 0 Å². The molecule has 1 aromatic heterocycles. The smallest absolute Gasteiger partial charge is 0.0494 e. The molecule has 1 aliphatic rings. The van der Waals surface area contributed by atoms with Gasteiger partial charge in [-0.1, -0.05) is 22.0 Å². The molecule has 0 bridgehead atoms. The zero-order chi connectivity index (χ0) is 10.4. The molecule has 0 aliphatic carbocycles. The number of benzene rings is 1. The van der Waals surface area contributed by atoms with Gasteiger partial charge in [0.25, 0.3) is 0 Å². The Morgan fingerprint density at radius 2 is 2.20 bits per heavy atom. The van der Waals surface area contributed by atoms with Crippen molar-refractivity contribution in [3.05, 3.63) is 34.4 Å². The lowest BCUT2D eigenvalue weighted by Gasteiger charge is -2.21. The molecule has 1 aromatic carbocycles. The highest BCUT2D eigenvalue weighted by molar-refractivity contribution is 9.10. The minimum Gasteiger partial charge on any atom is -0.343 e. The largest absolute Gasteiger partial charge is 0.343 e. The Morgan fingerprint density at radius 1 is 1.33 bits per heavy atom. The molecular weight excluding hydrogens is 252 g/mol. The van der Waals surface area contributed by atoms with Crippen molar-refractivity contribution in [1.82, 2.24) is 4.57 Å². The van der Waals surface area contributed by atoms with Crippen molar-refractivity contribution in [1.29, 1.82) is 0 Å². The molecule has 1 atom stereocenters. The van der Waals surface area contributed by atoms with Crippen LogP contribution in [-0.4, -0.2) is 4.57 Å². The van der Waals surface area contributed by atoms with E-state index < -0.39 is 0 Å². The summed E-state index contributed by atoms with van der Waals surface area (Å²) in [5, 5.41) is 1.30. The first-order valence-corrected chi connectivity index (χ1v) is 6.09. The van der Waals surface area contributed by atoms with Gasteiger partial charge in [0.2, 0.25) is 0 Å². The number of nitrogens with zero attached hydrogens (tertiary/aromatic N) is 1. The summed E-state index contributed by atoms with van der Waals surface area (Å²) in [5.74, 6) is 0. The van der Waals surface area contributed by atoms with E-state index in [-0.39, 0.29) is 6.04 Å². The van der Waals surface area contributed by atoms with Gasteiger partial charge in [-0.3, -0.25) is 0 Å². The second-order valence-electron chi connectivity index (χ2n) is 4.17. The van der Waals surface area contributed by atoms with E-state index in [0.29, 0.717) is 0 Å². The van der Waals surface area contributed by atoms with E-state index in [9.17, 15) is 0 Å². The van der Waals surface area contributed by atoms with Gasteiger partial charge in [-0.2, -0.15) is 0 Å². The number of rotatable bonds is 0. The van der Waals surface area contributed by atoms with Crippen LogP contribution in [0.3, 0.4) is 0 Å². The Labute approximate surface area is 97.2 Å². The van der Waals surface area contributed by atoms with Crippen LogP contribution in [0.25, 0.3) is 10.9 Å². The fourth-order valence-electron chi connectivity index (χ4n) is 2.42. The van der Waals surface area contributed by atoms with Crippen LogP contribution in [0, 0.1) is 0 Å². The normalized spacial score (nSPS) is 20.5. The van der Waals surface area contributed by atoms with Crippen LogP contribution < -0.4 is 5.73 Å². The van der Waals surface area contributed by atoms with Crippen LogP contribution >= 0.6 is 15.9 Å². The Balaban J connectivity index is 2.31. The summed E-state index contributed by atoms with van der Waals surface area (Å²) in [5.41, 5.74) is 8.70. The van der Waals surface area contributed by atoms with Crippen molar-refractivity contribution >= 4 is 26.8 Å². The van der Waals surface area contributed by atoms with Crippen molar-refractivity contribution in [2.45, 2.75) is 25.4 Å². The standard InChI is InChI=1S/C12H13BrN2/c13-9-4-3-8-6-12-10(14)2-1-5-15(12)11(8)7-9/h3-4,6-7,10H,1-2,5,14H2. The first kappa shape index (κ1) is 9.43. The molecule has 0 radical (unpaired) electrons. The maximum atomic E-state index is 6.12. The Bertz CT molecular complexity index is 516. The summed E-state index contributed by atoms with van der Waals surface area (Å²) in [6.45, 7) is 1.10. The lowest BCUT2D eigenvalue weighted by molar-refractivity contribution is 0.471. The highest BCUT2D eigenvalue weighted by Gasteiger charge is 2.19. The monoisotopic (exact) mass is 264 g/mol. The van der Waals surface area contributed by atoms with E-state index in [4.69, 9.17) is 5.73 Å². The number of halogens is 1. The van der Waals surface area contributed by atoms with E-state index in [1.54, 1.807) is 0 Å². The van der Waals surface area contributed by atoms with Crippen LogP contribution in [0.4, 0.5) is 0 Å². The molecule has 1 unspecified atom stereocenters. The van der Waals surface area contributed by atoms with Gasteiger partial charge in [0.1, 0.15) is 0 Å². The molecule has 3 heteroatoms. The molecule has 0 saturated heterocycles. The van der Waals surface area contributed by atoms with Gasteiger partial charge in [-0.05, 0) is 36.4 Å². The van der Waals surface area contributed by atoms with Gasteiger partial charge < -0.3 is 10.3 Å². The number of hydrogen-bond donors (Lipinski definition) is 1. The van der Waals surface area contributed by atoms with Gasteiger partial charge in [0, 0.05) is 28.3 Å². The van der Waals surface area contributed by atoms with Crippen molar-refractivity contribution in [2.75, 3.05) is 0 Å². The topological polar surface area (TPSA) is 30.9 Å². The fraction of sp³-hybridized carbons (Fsp3) is 0.333. The van der Waals surface area contributed by atoms with E-state index in [1.807, 2.05) is 0 Å². The maximum absolute atomic E-state index is 6.12. The molecule has 2 heterocycles. The third kappa shape index (κ3) is 1.42. The number of aryl methyl sites for hydroxylation is 1. The minimum absolute atomic E-state index is 0.213. The molecule has 0 spiro atoms. The Kier molecular flexibility index (Phi) is 2.11. The summed E-state index contributed by atoms with van der Waals surface area (Å²) in [6, 6.07) is 8.85. The van der Waals surface area contributed by atoms with Crippen LogP contribution in [0.15, 0.2) is 28.7 Å². The quantitative estimate of drug-likeness (QED) is 0.779. The lowest BCUT2D eigenvalue weighted by Crippen LogP contribution is -2.20. The van der Waals surface area contributed by atoms with Gasteiger partial charge in [-0.25, -0.2) is 0 Å². The molecular formula is C12H13BrN2. The van der Waals surface area contributed by atoms with Crippen LogP contribution in [0.2, 0.25) is 0 Å². The predicted octanol–water partition coefficient (Wildman–Crippen LogP) is 3.20. The Morgan fingerprint density at radius 3 is 3.07 bits per heavy atom. The first-order valence-electron chi connectivity index (χ1n) is 5.30. The highest BCUT2D eigenvalue weighted by Crippen LogP contribution is 2.31. The third-order valence-electron chi connectivity index (χ3n) is 3.18. The van der Waals surface area contributed by atoms with Crippen molar-refractivity contribution < 1.29 is 0 Å². The second-order valence-corrected chi connectivity index (χ2v) is 5.09. The number of fused-ring (bicyclic) bond motifs is 3. The third-order valence-corrected chi connectivity index (χ3v) is 3.67. The van der Waals surface area contributed by atoms with E-state index >= 15 is 0 Å². The van der Waals surface area contributed by atoms with E-state index in [0.717, 1.165) is 17.4 Å². The van der Waals surface area contributed by atoms with E-state index in [2.05, 4.69) is 44.8 Å². The molecule has 3 rings (SSSR count). The van der Waals surface area contributed by atoms with Crippen molar-refractivity contribution in [2.24, 2.45) is 5.73 Å². The summed E-state index contributed by atoms with van der Waals surface area (Å²) in [4.78, 5) is 0. The molecule has 0 saturated carbocycles. The maximum Gasteiger partial charge on any atom is 0.0494 e. The van der Waals surface area contributed by atoms with Crippen molar-refractivity contribution in [3.63, 3.8) is 0 Å². The number of aromatic nitrogens is 1. The molecule has 2 nitrogen and oxygen atoms in total. The molecule has 0 amide bonds. The zero-order valence-electron chi connectivity index (χ0n) is 8.41. The number of hydrogen-bond acceptors (Lipinski definition) is 1. The van der Waals surface area contributed by atoms with Crippen LogP contribution in [0.5, 0.6) is 0 Å². The van der Waals surface area contributed by atoms with E-state index in [1.165, 1.54) is 23.0 Å². The summed E-state index contributed by atoms with van der Waals surface area (Å²) < 4.78 is 3.49. The van der Waals surface area contributed by atoms with Gasteiger partial charge in [-0.15, -0.1) is 0 Å². The molecule has 2 aromatic rings. The molecule has 0 fully saturated rings. The summed E-state index contributed by atoms with van der Waals surface area (Å²) in [6.07, 6.45) is 2.29. The predicted molar refractivity (Wildman–Crippen MR) is 65.8 cm³/mol. The average Bonchev–Trinajstić information content (AvgIpc) is 2.58. The number of nitrogens with two attached hydrogens (primary N) is 1. The molecule has 15 heavy (non-hydrogen) atoms. The SMILES string of the molecule is NC1CCCn2c1cc1ccc(Br)cc12. The van der Waals surface area contributed by atoms with Crippen molar-refractivity contribution in [3.8, 4) is 0 Å². The molecule has 1 aliphatic heterocycles. The highest BCUT2D eigenvalue weighted by atomic mass is 79.9. The van der Waals surface area contributed by atoms with Gasteiger partial charge >= 0.3 is 0 Å². The lowest BCUT2D eigenvalue weighted by atomic mass is 10.1. The minimum atomic E-state index is 0.213. The van der Waals surface area contributed by atoms with Crippen LogP contribution in [0.1, 0.15) is 24.6 Å².